The second-order valence-electron chi connectivity index (χ2n) is 10.4. The first-order chi connectivity index (χ1) is 17.5. The third-order valence-corrected chi connectivity index (χ3v) is 6.93. The van der Waals surface area contributed by atoms with E-state index in [1.54, 1.807) is 0 Å². The fourth-order valence-electron chi connectivity index (χ4n) is 5.07. The number of para-hydroxylation sites is 3. The van der Waals surface area contributed by atoms with Gasteiger partial charge >= 0.3 is 0 Å². The zero-order chi connectivity index (χ0) is 24.7. The van der Waals surface area contributed by atoms with Gasteiger partial charge in [0, 0.05) is 33.5 Å². The molecule has 6 rings (SSSR count). The third-order valence-electron chi connectivity index (χ3n) is 6.93. The molecular weight excluding hydrogens is 436 g/mol. The van der Waals surface area contributed by atoms with Crippen LogP contribution in [0.5, 0.6) is 0 Å². The summed E-state index contributed by atoms with van der Waals surface area (Å²) in [5, 5.41) is 2.59. The Labute approximate surface area is 213 Å². The molecule has 1 aromatic heterocycles. The lowest BCUT2D eigenvalue weighted by molar-refractivity contribution is 0.591. The lowest BCUT2D eigenvalue weighted by Gasteiger charge is -2.25. The minimum atomic E-state index is 0.109. The van der Waals surface area contributed by atoms with Gasteiger partial charge in [-0.2, -0.15) is 0 Å². The molecule has 0 amide bonds. The van der Waals surface area contributed by atoms with Crippen LogP contribution < -0.4 is 4.90 Å². The summed E-state index contributed by atoms with van der Waals surface area (Å²) in [5.41, 5.74) is 8.51. The van der Waals surface area contributed by atoms with Crippen LogP contribution in [0.15, 0.2) is 127 Å². The molecule has 0 bridgehead atoms. The first-order valence-corrected chi connectivity index (χ1v) is 12.5. The van der Waals surface area contributed by atoms with Crippen molar-refractivity contribution in [2.75, 3.05) is 4.90 Å². The van der Waals surface area contributed by atoms with Gasteiger partial charge in [-0.3, -0.25) is 0 Å². The van der Waals surface area contributed by atoms with E-state index in [2.05, 4.69) is 158 Å². The molecule has 5 aromatic carbocycles. The van der Waals surface area contributed by atoms with Crippen molar-refractivity contribution in [2.24, 2.45) is 0 Å². The SMILES string of the molecule is CC(C)(C)c1ccc2c(c1)c1ccccc1n2-c1ccc(N(c2ccccc2)c2ccccc2)cc1. The van der Waals surface area contributed by atoms with Crippen molar-refractivity contribution in [3.63, 3.8) is 0 Å². The number of nitrogens with zero attached hydrogens (tertiary/aromatic N) is 2. The highest BCUT2D eigenvalue weighted by Gasteiger charge is 2.18. The molecule has 1 heterocycles. The Morgan fingerprint density at radius 3 is 1.64 bits per heavy atom. The minimum Gasteiger partial charge on any atom is -0.311 e. The number of rotatable bonds is 4. The van der Waals surface area contributed by atoms with Gasteiger partial charge in [-0.05, 0) is 77.7 Å². The fourth-order valence-corrected chi connectivity index (χ4v) is 5.07. The predicted octanol–water partition coefficient (Wildman–Crippen LogP) is 9.55. The second kappa shape index (κ2) is 8.73. The molecule has 0 aliphatic rings. The predicted molar refractivity (Wildman–Crippen MR) is 154 cm³/mol. The Bertz CT molecular complexity index is 1600. The Balaban J connectivity index is 1.50. The topological polar surface area (TPSA) is 8.17 Å². The van der Waals surface area contributed by atoms with Crippen molar-refractivity contribution in [1.82, 2.24) is 4.57 Å². The van der Waals surface area contributed by atoms with E-state index in [9.17, 15) is 0 Å². The van der Waals surface area contributed by atoms with Crippen LogP contribution in [0, 0.1) is 0 Å². The van der Waals surface area contributed by atoms with Crippen LogP contribution in [0.2, 0.25) is 0 Å². The van der Waals surface area contributed by atoms with Crippen LogP contribution in [-0.4, -0.2) is 4.57 Å². The van der Waals surface area contributed by atoms with E-state index in [1.165, 1.54) is 27.4 Å². The average molecular weight is 467 g/mol. The van der Waals surface area contributed by atoms with Gasteiger partial charge < -0.3 is 9.47 Å². The van der Waals surface area contributed by atoms with Gasteiger partial charge in [0.15, 0.2) is 0 Å². The Kier molecular flexibility index (Phi) is 5.38. The highest BCUT2D eigenvalue weighted by molar-refractivity contribution is 6.09. The van der Waals surface area contributed by atoms with Crippen molar-refractivity contribution in [1.29, 1.82) is 0 Å². The molecule has 2 nitrogen and oxygen atoms in total. The number of anilines is 3. The zero-order valence-electron chi connectivity index (χ0n) is 21.0. The molecule has 0 radical (unpaired) electrons. The molecule has 0 saturated heterocycles. The third kappa shape index (κ3) is 3.85. The number of hydrogen-bond acceptors (Lipinski definition) is 1. The van der Waals surface area contributed by atoms with Crippen molar-refractivity contribution in [3.05, 3.63) is 133 Å². The van der Waals surface area contributed by atoms with Crippen LogP contribution in [0.4, 0.5) is 17.1 Å². The van der Waals surface area contributed by atoms with Crippen LogP contribution in [0.25, 0.3) is 27.5 Å². The highest BCUT2D eigenvalue weighted by Crippen LogP contribution is 2.37. The van der Waals surface area contributed by atoms with Crippen LogP contribution >= 0.6 is 0 Å². The molecule has 0 fully saturated rings. The van der Waals surface area contributed by atoms with Gasteiger partial charge in [0.05, 0.1) is 11.0 Å². The quantitative estimate of drug-likeness (QED) is 0.251. The molecular formula is C34H30N2. The van der Waals surface area contributed by atoms with Crippen LogP contribution in [-0.2, 0) is 5.41 Å². The number of aromatic nitrogens is 1. The maximum absolute atomic E-state index is 2.39. The molecule has 0 aliphatic carbocycles. The summed E-state index contributed by atoms with van der Waals surface area (Å²) in [7, 11) is 0. The summed E-state index contributed by atoms with van der Waals surface area (Å²) in [6.45, 7) is 6.83. The first-order valence-electron chi connectivity index (χ1n) is 12.5. The summed E-state index contributed by atoms with van der Waals surface area (Å²) >= 11 is 0. The summed E-state index contributed by atoms with van der Waals surface area (Å²) < 4.78 is 2.39. The van der Waals surface area contributed by atoms with Gasteiger partial charge in [0.25, 0.3) is 0 Å². The summed E-state index contributed by atoms with van der Waals surface area (Å²) in [6.07, 6.45) is 0. The number of fused-ring (bicyclic) bond motifs is 3. The molecule has 176 valence electrons. The number of hydrogen-bond donors (Lipinski definition) is 0. The number of benzene rings is 5. The molecule has 0 saturated carbocycles. The van der Waals surface area contributed by atoms with Crippen molar-refractivity contribution < 1.29 is 0 Å². The van der Waals surface area contributed by atoms with Crippen LogP contribution in [0.3, 0.4) is 0 Å². The minimum absolute atomic E-state index is 0.109. The maximum Gasteiger partial charge on any atom is 0.0541 e. The maximum atomic E-state index is 2.39. The summed E-state index contributed by atoms with van der Waals surface area (Å²) in [4.78, 5) is 2.30. The van der Waals surface area contributed by atoms with E-state index >= 15 is 0 Å². The van der Waals surface area contributed by atoms with Crippen LogP contribution in [0.1, 0.15) is 26.3 Å². The lowest BCUT2D eigenvalue weighted by atomic mass is 9.86. The molecule has 0 aliphatic heterocycles. The van der Waals surface area contributed by atoms with E-state index in [4.69, 9.17) is 0 Å². The Morgan fingerprint density at radius 2 is 1.03 bits per heavy atom. The smallest absolute Gasteiger partial charge is 0.0541 e. The van der Waals surface area contributed by atoms with E-state index < -0.39 is 0 Å². The molecule has 0 unspecified atom stereocenters. The van der Waals surface area contributed by atoms with Gasteiger partial charge in [0.1, 0.15) is 0 Å². The fraction of sp³-hybridized carbons (Fsp3) is 0.118. The molecule has 6 aromatic rings. The first kappa shape index (κ1) is 22.2. The standard InChI is InChI=1S/C34H30N2/c1-34(2,3)25-18-23-33-31(24-25)30-16-10-11-17-32(30)36(33)29-21-19-28(20-22-29)35(26-12-6-4-7-13-26)27-14-8-5-9-15-27/h4-24H,1-3H3. The lowest BCUT2D eigenvalue weighted by Crippen LogP contribution is -2.10. The average Bonchev–Trinajstić information content (AvgIpc) is 3.24. The van der Waals surface area contributed by atoms with Crippen molar-refractivity contribution in [3.8, 4) is 5.69 Å². The Hall–Kier alpha value is -4.30. The van der Waals surface area contributed by atoms with E-state index in [0.29, 0.717) is 0 Å². The highest BCUT2D eigenvalue weighted by atomic mass is 15.1. The summed E-state index contributed by atoms with van der Waals surface area (Å²) in [6, 6.07) is 45.6. The van der Waals surface area contributed by atoms with Crippen molar-refractivity contribution in [2.45, 2.75) is 26.2 Å². The molecule has 0 atom stereocenters. The summed E-state index contributed by atoms with van der Waals surface area (Å²) in [5.74, 6) is 0. The van der Waals surface area contributed by atoms with Gasteiger partial charge in [-0.25, -0.2) is 0 Å². The molecule has 36 heavy (non-hydrogen) atoms. The normalized spacial score (nSPS) is 11.8. The monoisotopic (exact) mass is 466 g/mol. The molecule has 2 heteroatoms. The zero-order valence-corrected chi connectivity index (χ0v) is 21.0. The van der Waals surface area contributed by atoms with Gasteiger partial charge in [-0.1, -0.05) is 81.4 Å². The van der Waals surface area contributed by atoms with Gasteiger partial charge in [-0.15, -0.1) is 0 Å². The van der Waals surface area contributed by atoms with Gasteiger partial charge in [0.2, 0.25) is 0 Å². The van der Waals surface area contributed by atoms with E-state index in [1.807, 2.05) is 0 Å². The van der Waals surface area contributed by atoms with E-state index in [-0.39, 0.29) is 5.41 Å². The van der Waals surface area contributed by atoms with E-state index in [0.717, 1.165) is 22.7 Å². The Morgan fingerprint density at radius 1 is 0.500 bits per heavy atom. The largest absolute Gasteiger partial charge is 0.311 e. The van der Waals surface area contributed by atoms with Crippen molar-refractivity contribution >= 4 is 38.9 Å². The molecule has 0 N–H and O–H groups in total. The second-order valence-corrected chi connectivity index (χ2v) is 10.4. The molecule has 0 spiro atoms.